The van der Waals surface area contributed by atoms with Crippen molar-refractivity contribution in [1.82, 2.24) is 10.2 Å². The highest BCUT2D eigenvalue weighted by Gasteiger charge is 2.35. The Hall–Kier alpha value is -3.66. The molecule has 0 aromatic heterocycles. The Morgan fingerprint density at radius 1 is 0.867 bits per heavy atom. The van der Waals surface area contributed by atoms with Crippen LogP contribution < -0.4 is 9.62 Å². The number of carbonyl (C=O) groups is 2. The molecule has 0 fully saturated rings. The fraction of sp³-hybridized carbons (Fsp3) is 0.257. The van der Waals surface area contributed by atoms with Crippen LogP contribution in [0.1, 0.15) is 37.0 Å². The minimum atomic E-state index is -4.21. The number of anilines is 1. The summed E-state index contributed by atoms with van der Waals surface area (Å²) < 4.78 is 30.3. The molecule has 1 N–H and O–H groups in total. The quantitative estimate of drug-likeness (QED) is 0.160. The van der Waals surface area contributed by atoms with Crippen LogP contribution in [-0.4, -0.2) is 43.8 Å². The number of hydrogen-bond donors (Lipinski definition) is 1. The third kappa shape index (κ3) is 8.75. The molecule has 4 aromatic carbocycles. The highest BCUT2D eigenvalue weighted by Crippen LogP contribution is 2.31. The average molecular weight is 711 g/mol. The summed E-state index contributed by atoms with van der Waals surface area (Å²) in [6.07, 6.45) is 0.953. The first-order valence-electron chi connectivity index (χ1n) is 14.7. The third-order valence-corrected chi connectivity index (χ3v) is 10.4. The third-order valence-electron chi connectivity index (χ3n) is 7.66. The zero-order chi connectivity index (χ0) is 32.6. The lowest BCUT2D eigenvalue weighted by molar-refractivity contribution is -0.140. The first kappa shape index (κ1) is 34.2. The van der Waals surface area contributed by atoms with E-state index in [1.165, 1.54) is 17.0 Å². The second-order valence-corrected chi connectivity index (χ2v) is 14.1. The van der Waals surface area contributed by atoms with E-state index in [0.29, 0.717) is 17.0 Å². The normalized spacial score (nSPS) is 12.6. The molecule has 0 heterocycles. The predicted molar refractivity (Wildman–Crippen MR) is 184 cm³/mol. The Labute approximate surface area is 279 Å². The Bertz CT molecular complexity index is 1700. The molecule has 2 amide bonds. The number of nitrogens with one attached hydrogen (secondary N) is 1. The van der Waals surface area contributed by atoms with Gasteiger partial charge in [-0.15, -0.1) is 0 Å². The largest absolute Gasteiger partial charge is 0.352 e. The summed E-state index contributed by atoms with van der Waals surface area (Å²) in [5, 5.41) is 3.42. The summed E-state index contributed by atoms with van der Waals surface area (Å²) in [4.78, 5) is 30.0. The van der Waals surface area contributed by atoms with Crippen LogP contribution in [0, 0.1) is 6.92 Å². The molecular formula is C35H37BrClN3O4S. The Morgan fingerprint density at radius 3 is 2.11 bits per heavy atom. The van der Waals surface area contributed by atoms with Gasteiger partial charge >= 0.3 is 0 Å². The number of nitrogens with zero attached hydrogens (tertiary/aromatic N) is 2. The first-order chi connectivity index (χ1) is 21.5. The van der Waals surface area contributed by atoms with Gasteiger partial charge in [-0.3, -0.25) is 13.9 Å². The lowest BCUT2D eigenvalue weighted by Crippen LogP contribution is -2.54. The molecule has 0 aliphatic heterocycles. The molecule has 0 saturated heterocycles. The predicted octanol–water partition coefficient (Wildman–Crippen LogP) is 7.16. The highest BCUT2D eigenvalue weighted by atomic mass is 79.9. The highest BCUT2D eigenvalue weighted by molar-refractivity contribution is 9.10. The standard InChI is InChI=1S/C35H37BrClN3O4S/c1-4-25(2)38-35(42)33(22-27-12-7-5-8-13-27)39(23-28-18-20-29(36)21-19-28)34(41)24-40(32-17-11-16-31(37)26(32)3)45(43,44)30-14-9-6-10-15-30/h5-21,25,33H,4,22-24H2,1-3H3,(H,38,42)/t25-,33+/m0/s1. The second kappa shape index (κ2) is 15.6. The molecule has 0 radical (unpaired) electrons. The maximum atomic E-state index is 14.6. The van der Waals surface area contributed by atoms with Crippen LogP contribution in [0.3, 0.4) is 0 Å². The van der Waals surface area contributed by atoms with Gasteiger partial charge in [0.1, 0.15) is 12.6 Å². The van der Waals surface area contributed by atoms with E-state index < -0.39 is 28.5 Å². The maximum absolute atomic E-state index is 14.6. The number of hydrogen-bond acceptors (Lipinski definition) is 4. The minimum Gasteiger partial charge on any atom is -0.352 e. The van der Waals surface area contributed by atoms with Crippen molar-refractivity contribution in [2.45, 2.75) is 57.1 Å². The molecule has 0 aliphatic carbocycles. The van der Waals surface area contributed by atoms with Crippen LogP contribution in [0.15, 0.2) is 112 Å². The molecule has 0 bridgehead atoms. The van der Waals surface area contributed by atoms with Gasteiger partial charge in [0.05, 0.1) is 10.6 Å². The van der Waals surface area contributed by atoms with Crippen molar-refractivity contribution in [2.75, 3.05) is 10.8 Å². The van der Waals surface area contributed by atoms with E-state index in [1.54, 1.807) is 43.3 Å². The number of rotatable bonds is 13. The number of carbonyl (C=O) groups excluding carboxylic acids is 2. The van der Waals surface area contributed by atoms with Crippen LogP contribution >= 0.6 is 27.5 Å². The number of amides is 2. The first-order valence-corrected chi connectivity index (χ1v) is 17.3. The molecule has 0 spiro atoms. The minimum absolute atomic E-state index is 0.0342. The SMILES string of the molecule is CC[C@H](C)NC(=O)[C@@H](Cc1ccccc1)N(Cc1ccc(Br)cc1)C(=O)CN(c1cccc(Cl)c1C)S(=O)(=O)c1ccccc1. The maximum Gasteiger partial charge on any atom is 0.264 e. The zero-order valence-corrected chi connectivity index (χ0v) is 28.6. The average Bonchev–Trinajstić information content (AvgIpc) is 3.04. The number of benzene rings is 4. The fourth-order valence-corrected chi connectivity index (χ4v) is 6.81. The summed E-state index contributed by atoms with van der Waals surface area (Å²) in [6, 6.07) is 28.8. The van der Waals surface area contributed by atoms with Crippen LogP contribution in [0.4, 0.5) is 5.69 Å². The van der Waals surface area contributed by atoms with Gasteiger partial charge in [-0.05, 0) is 73.4 Å². The number of halogens is 2. The van der Waals surface area contributed by atoms with Crippen LogP contribution in [0.5, 0.6) is 0 Å². The monoisotopic (exact) mass is 709 g/mol. The van der Waals surface area contributed by atoms with E-state index in [-0.39, 0.29) is 35.5 Å². The molecule has 0 unspecified atom stereocenters. The molecule has 2 atom stereocenters. The van der Waals surface area contributed by atoms with E-state index >= 15 is 0 Å². The van der Waals surface area contributed by atoms with Gasteiger partial charge < -0.3 is 10.2 Å². The molecule has 10 heteroatoms. The van der Waals surface area contributed by atoms with Crippen molar-refractivity contribution < 1.29 is 18.0 Å². The fourth-order valence-electron chi connectivity index (χ4n) is 4.88. The summed E-state index contributed by atoms with van der Waals surface area (Å²) in [5.41, 5.74) is 2.46. The van der Waals surface area contributed by atoms with Gasteiger partial charge in [0, 0.05) is 28.5 Å². The van der Waals surface area contributed by atoms with Gasteiger partial charge in [0.15, 0.2) is 0 Å². The van der Waals surface area contributed by atoms with Crippen molar-refractivity contribution in [3.8, 4) is 0 Å². The summed E-state index contributed by atoms with van der Waals surface area (Å²) in [6.45, 7) is 5.14. The molecule has 4 rings (SSSR count). The Morgan fingerprint density at radius 2 is 1.49 bits per heavy atom. The van der Waals surface area contributed by atoms with Crippen molar-refractivity contribution in [1.29, 1.82) is 0 Å². The molecule has 45 heavy (non-hydrogen) atoms. The number of sulfonamides is 1. The zero-order valence-electron chi connectivity index (χ0n) is 25.5. The van der Waals surface area contributed by atoms with Gasteiger partial charge in [-0.2, -0.15) is 0 Å². The van der Waals surface area contributed by atoms with Crippen molar-refractivity contribution in [2.24, 2.45) is 0 Å². The Balaban J connectivity index is 1.83. The molecule has 0 aliphatic rings. The topological polar surface area (TPSA) is 86.8 Å². The summed E-state index contributed by atoms with van der Waals surface area (Å²) in [7, 11) is -4.21. The van der Waals surface area contributed by atoms with E-state index in [1.807, 2.05) is 68.4 Å². The molecule has 0 saturated carbocycles. The molecular weight excluding hydrogens is 674 g/mol. The van der Waals surface area contributed by atoms with Gasteiger partial charge in [-0.25, -0.2) is 8.42 Å². The van der Waals surface area contributed by atoms with Crippen molar-refractivity contribution in [3.05, 3.63) is 129 Å². The lowest BCUT2D eigenvalue weighted by atomic mass is 10.0. The van der Waals surface area contributed by atoms with Crippen molar-refractivity contribution >= 4 is 55.1 Å². The van der Waals surface area contributed by atoms with E-state index in [2.05, 4.69) is 21.2 Å². The molecule has 4 aromatic rings. The van der Waals surface area contributed by atoms with E-state index in [9.17, 15) is 18.0 Å². The van der Waals surface area contributed by atoms with Crippen LogP contribution in [0.2, 0.25) is 5.02 Å². The van der Waals surface area contributed by atoms with E-state index in [4.69, 9.17) is 11.6 Å². The lowest BCUT2D eigenvalue weighted by Gasteiger charge is -2.34. The van der Waals surface area contributed by atoms with Crippen LogP contribution in [-0.2, 0) is 32.6 Å². The molecule has 236 valence electrons. The van der Waals surface area contributed by atoms with Crippen molar-refractivity contribution in [3.63, 3.8) is 0 Å². The van der Waals surface area contributed by atoms with Gasteiger partial charge in [-0.1, -0.05) is 101 Å². The van der Waals surface area contributed by atoms with E-state index in [0.717, 1.165) is 19.9 Å². The van der Waals surface area contributed by atoms with Gasteiger partial charge in [0.2, 0.25) is 11.8 Å². The van der Waals surface area contributed by atoms with Gasteiger partial charge in [0.25, 0.3) is 10.0 Å². The summed E-state index contributed by atoms with van der Waals surface area (Å²) >= 11 is 9.90. The second-order valence-electron chi connectivity index (χ2n) is 10.9. The summed E-state index contributed by atoms with van der Waals surface area (Å²) in [5.74, 6) is -0.841. The Kier molecular flexibility index (Phi) is 11.8. The molecule has 7 nitrogen and oxygen atoms in total. The smallest absolute Gasteiger partial charge is 0.264 e. The van der Waals surface area contributed by atoms with Crippen LogP contribution in [0.25, 0.3) is 0 Å².